The van der Waals surface area contributed by atoms with Crippen LogP contribution in [0.2, 0.25) is 0 Å². The molecule has 33 heavy (non-hydrogen) atoms. The highest BCUT2D eigenvalue weighted by molar-refractivity contribution is 6.00. The van der Waals surface area contributed by atoms with Crippen LogP contribution in [-0.4, -0.2) is 57.8 Å². The van der Waals surface area contributed by atoms with Crippen LogP contribution in [0.4, 0.5) is 11.5 Å². The van der Waals surface area contributed by atoms with Crippen molar-refractivity contribution in [2.45, 2.75) is 6.92 Å². The van der Waals surface area contributed by atoms with Gasteiger partial charge in [0, 0.05) is 42.8 Å². The van der Waals surface area contributed by atoms with Gasteiger partial charge in [0.15, 0.2) is 0 Å². The third-order valence-electron chi connectivity index (χ3n) is 5.82. The van der Waals surface area contributed by atoms with Crippen LogP contribution in [0.5, 0.6) is 0 Å². The quantitative estimate of drug-likeness (QED) is 0.517. The van der Waals surface area contributed by atoms with Crippen molar-refractivity contribution < 1.29 is 14.0 Å². The highest BCUT2D eigenvalue weighted by Gasteiger charge is 2.26. The van der Waals surface area contributed by atoms with Gasteiger partial charge in [-0.1, -0.05) is 17.7 Å². The standard InChI is InChI=1S/C25H23N5O3/c1-17-2-5-20(6-3-17)28-23-21-7-4-18(14-22(21)26-16-27-23)24(31)29-9-11-30(12-10-29)25(32)19-8-13-33-15-19/h2-8,13-16H,9-12H2,1H3,(H,26,27,28). The Labute approximate surface area is 190 Å². The second-order valence-electron chi connectivity index (χ2n) is 8.04. The Morgan fingerprint density at radius 3 is 2.24 bits per heavy atom. The Morgan fingerprint density at radius 1 is 0.879 bits per heavy atom. The van der Waals surface area contributed by atoms with Gasteiger partial charge in [0.1, 0.15) is 18.4 Å². The third-order valence-corrected chi connectivity index (χ3v) is 5.82. The molecule has 0 unspecified atom stereocenters. The number of fused-ring (bicyclic) bond motifs is 1. The molecule has 166 valence electrons. The third kappa shape index (κ3) is 4.27. The number of nitrogens with zero attached hydrogens (tertiary/aromatic N) is 4. The van der Waals surface area contributed by atoms with Gasteiger partial charge in [-0.05, 0) is 43.3 Å². The van der Waals surface area contributed by atoms with E-state index in [4.69, 9.17) is 4.42 Å². The predicted octanol–water partition coefficient (Wildman–Crippen LogP) is 3.87. The summed E-state index contributed by atoms with van der Waals surface area (Å²) in [6.45, 7) is 3.96. The topological polar surface area (TPSA) is 91.6 Å². The summed E-state index contributed by atoms with van der Waals surface area (Å²) in [5.74, 6) is 0.542. The van der Waals surface area contributed by atoms with E-state index in [9.17, 15) is 9.59 Å². The number of piperazine rings is 1. The second-order valence-corrected chi connectivity index (χ2v) is 8.04. The van der Waals surface area contributed by atoms with E-state index >= 15 is 0 Å². The zero-order valence-corrected chi connectivity index (χ0v) is 18.2. The first-order valence-corrected chi connectivity index (χ1v) is 10.8. The largest absolute Gasteiger partial charge is 0.472 e. The summed E-state index contributed by atoms with van der Waals surface area (Å²) in [4.78, 5) is 37.8. The number of rotatable bonds is 4. The number of amides is 2. The molecule has 4 aromatic rings. The number of hydrogen-bond donors (Lipinski definition) is 1. The molecule has 0 saturated carbocycles. The van der Waals surface area contributed by atoms with Crippen LogP contribution in [0.25, 0.3) is 10.9 Å². The molecular weight excluding hydrogens is 418 g/mol. The summed E-state index contributed by atoms with van der Waals surface area (Å²) < 4.78 is 5.00. The summed E-state index contributed by atoms with van der Waals surface area (Å²) in [5, 5.41) is 4.16. The fourth-order valence-electron chi connectivity index (χ4n) is 3.93. The van der Waals surface area contributed by atoms with Crippen molar-refractivity contribution in [2.75, 3.05) is 31.5 Å². The normalized spacial score (nSPS) is 13.8. The van der Waals surface area contributed by atoms with E-state index in [1.807, 2.05) is 37.3 Å². The number of aromatic nitrogens is 2. The molecule has 8 heteroatoms. The highest BCUT2D eigenvalue weighted by Crippen LogP contribution is 2.25. The Bertz CT molecular complexity index is 1290. The summed E-state index contributed by atoms with van der Waals surface area (Å²) in [6.07, 6.45) is 4.42. The predicted molar refractivity (Wildman–Crippen MR) is 125 cm³/mol. The number of anilines is 2. The van der Waals surface area contributed by atoms with Crippen LogP contribution >= 0.6 is 0 Å². The molecule has 0 radical (unpaired) electrons. The van der Waals surface area contributed by atoms with Gasteiger partial charge in [-0.15, -0.1) is 0 Å². The van der Waals surface area contributed by atoms with Gasteiger partial charge in [-0.2, -0.15) is 0 Å². The zero-order valence-electron chi connectivity index (χ0n) is 18.2. The molecule has 2 aromatic heterocycles. The molecule has 1 fully saturated rings. The average molecular weight is 441 g/mol. The molecule has 0 aliphatic carbocycles. The maximum absolute atomic E-state index is 13.1. The molecule has 1 aliphatic rings. The van der Waals surface area contributed by atoms with Gasteiger partial charge in [0.2, 0.25) is 0 Å². The molecule has 1 aliphatic heterocycles. The number of nitrogens with one attached hydrogen (secondary N) is 1. The van der Waals surface area contributed by atoms with Crippen molar-refractivity contribution in [3.05, 3.63) is 84.1 Å². The fraction of sp³-hybridized carbons (Fsp3) is 0.200. The van der Waals surface area contributed by atoms with E-state index in [0.717, 1.165) is 11.1 Å². The first kappa shape index (κ1) is 20.7. The van der Waals surface area contributed by atoms with Crippen LogP contribution in [0.1, 0.15) is 26.3 Å². The summed E-state index contributed by atoms with van der Waals surface area (Å²) >= 11 is 0. The van der Waals surface area contributed by atoms with E-state index in [1.54, 1.807) is 28.0 Å². The number of hydrogen-bond acceptors (Lipinski definition) is 6. The zero-order chi connectivity index (χ0) is 22.8. The summed E-state index contributed by atoms with van der Waals surface area (Å²) in [6, 6.07) is 15.2. The van der Waals surface area contributed by atoms with Gasteiger partial charge >= 0.3 is 0 Å². The van der Waals surface area contributed by atoms with Gasteiger partial charge in [0.25, 0.3) is 11.8 Å². The lowest BCUT2D eigenvalue weighted by Crippen LogP contribution is -2.50. The molecule has 1 saturated heterocycles. The van der Waals surface area contributed by atoms with Crippen LogP contribution in [0, 0.1) is 6.92 Å². The molecule has 0 spiro atoms. The minimum atomic E-state index is -0.0770. The highest BCUT2D eigenvalue weighted by atomic mass is 16.3. The second kappa shape index (κ2) is 8.74. The lowest BCUT2D eigenvalue weighted by atomic mass is 10.1. The van der Waals surface area contributed by atoms with Crippen LogP contribution < -0.4 is 5.32 Å². The molecule has 3 heterocycles. The van der Waals surface area contributed by atoms with E-state index in [2.05, 4.69) is 15.3 Å². The molecular formula is C25H23N5O3. The fourth-order valence-corrected chi connectivity index (χ4v) is 3.93. The van der Waals surface area contributed by atoms with Gasteiger partial charge in [-0.3, -0.25) is 9.59 Å². The molecule has 2 amide bonds. The van der Waals surface area contributed by atoms with E-state index in [-0.39, 0.29) is 11.8 Å². The summed E-state index contributed by atoms with van der Waals surface area (Å²) in [5.41, 5.74) is 3.90. The minimum absolute atomic E-state index is 0.0704. The molecule has 8 nitrogen and oxygen atoms in total. The van der Waals surface area contributed by atoms with Gasteiger partial charge < -0.3 is 19.5 Å². The van der Waals surface area contributed by atoms with Gasteiger partial charge in [-0.25, -0.2) is 9.97 Å². The van der Waals surface area contributed by atoms with Crippen LogP contribution in [-0.2, 0) is 0 Å². The van der Waals surface area contributed by atoms with Crippen molar-refractivity contribution in [3.8, 4) is 0 Å². The van der Waals surface area contributed by atoms with Crippen LogP contribution in [0.3, 0.4) is 0 Å². The van der Waals surface area contributed by atoms with E-state index in [0.29, 0.717) is 48.6 Å². The maximum atomic E-state index is 13.1. The lowest BCUT2D eigenvalue weighted by Gasteiger charge is -2.34. The number of carbonyl (C=O) groups excluding carboxylic acids is 2. The number of carbonyl (C=O) groups is 2. The SMILES string of the molecule is Cc1ccc(Nc2ncnc3cc(C(=O)N4CCN(C(=O)c5ccoc5)CC4)ccc23)cc1. The van der Waals surface area contributed by atoms with Gasteiger partial charge in [0.05, 0.1) is 17.3 Å². The molecule has 1 N–H and O–H groups in total. The number of aryl methyl sites for hydroxylation is 1. The van der Waals surface area contributed by atoms with E-state index < -0.39 is 0 Å². The molecule has 0 atom stereocenters. The minimum Gasteiger partial charge on any atom is -0.472 e. The first-order valence-electron chi connectivity index (χ1n) is 10.8. The first-order chi connectivity index (χ1) is 16.1. The molecule has 5 rings (SSSR count). The van der Waals surface area contributed by atoms with E-state index in [1.165, 1.54) is 24.4 Å². The van der Waals surface area contributed by atoms with Crippen molar-refractivity contribution in [1.29, 1.82) is 0 Å². The van der Waals surface area contributed by atoms with Crippen molar-refractivity contribution in [1.82, 2.24) is 19.8 Å². The summed E-state index contributed by atoms with van der Waals surface area (Å²) in [7, 11) is 0. The molecule has 2 aromatic carbocycles. The van der Waals surface area contributed by atoms with Crippen molar-refractivity contribution in [2.24, 2.45) is 0 Å². The smallest absolute Gasteiger partial charge is 0.257 e. The lowest BCUT2D eigenvalue weighted by molar-refractivity contribution is 0.0535. The average Bonchev–Trinajstić information content (AvgIpc) is 3.40. The monoisotopic (exact) mass is 441 g/mol. The molecule has 0 bridgehead atoms. The number of furan rings is 1. The Morgan fingerprint density at radius 2 is 1.58 bits per heavy atom. The number of benzene rings is 2. The van der Waals surface area contributed by atoms with Crippen molar-refractivity contribution >= 4 is 34.2 Å². The maximum Gasteiger partial charge on any atom is 0.257 e. The Kier molecular flexibility index (Phi) is 5.48. The van der Waals surface area contributed by atoms with Crippen LogP contribution in [0.15, 0.2) is 71.8 Å². The Balaban J connectivity index is 1.29. The van der Waals surface area contributed by atoms with Crippen molar-refractivity contribution in [3.63, 3.8) is 0 Å². The Hall–Kier alpha value is -4.20.